The van der Waals surface area contributed by atoms with Crippen LogP contribution in [0.5, 0.6) is 0 Å². The average molecular weight is 412 g/mol. The predicted molar refractivity (Wildman–Crippen MR) is 109 cm³/mol. The summed E-state index contributed by atoms with van der Waals surface area (Å²) in [6.07, 6.45) is 8.45. The molecule has 1 aliphatic carbocycles. The summed E-state index contributed by atoms with van der Waals surface area (Å²) in [4.78, 5) is 31.9. The monoisotopic (exact) mass is 412 g/mol. The first-order valence-electron chi connectivity index (χ1n) is 9.30. The Morgan fingerprint density at radius 3 is 2.72 bits per heavy atom. The molecule has 29 heavy (non-hydrogen) atoms. The van der Waals surface area contributed by atoms with E-state index in [1.165, 1.54) is 0 Å². The largest absolute Gasteiger partial charge is 0.461 e. The number of nitrogens with one attached hydrogen (secondary N) is 4. The normalized spacial score (nSPS) is 23.1. The van der Waals surface area contributed by atoms with Gasteiger partial charge in [0.2, 0.25) is 5.95 Å². The van der Waals surface area contributed by atoms with E-state index in [9.17, 15) is 9.59 Å². The van der Waals surface area contributed by atoms with E-state index in [4.69, 9.17) is 9.83 Å². The van der Waals surface area contributed by atoms with Gasteiger partial charge >= 0.3 is 0 Å². The molecule has 1 aliphatic heterocycles. The first-order chi connectivity index (χ1) is 14.1. The Hall–Kier alpha value is -3.14. The van der Waals surface area contributed by atoms with E-state index in [0.29, 0.717) is 28.1 Å². The summed E-state index contributed by atoms with van der Waals surface area (Å²) in [6, 6.07) is 5.70. The number of imide groups is 1. The van der Waals surface area contributed by atoms with Crippen LogP contribution < -0.4 is 16.0 Å². The molecule has 4 rings (SSSR count). The molecule has 1 saturated carbocycles. The zero-order valence-corrected chi connectivity index (χ0v) is 16.3. The summed E-state index contributed by atoms with van der Waals surface area (Å²) < 4.78 is 5.24. The van der Waals surface area contributed by atoms with E-state index in [1.807, 2.05) is 0 Å². The number of carbonyl (C=O) groups is 2. The van der Waals surface area contributed by atoms with Gasteiger partial charge in [-0.05, 0) is 61.7 Å². The van der Waals surface area contributed by atoms with Gasteiger partial charge in [0.15, 0.2) is 11.6 Å². The van der Waals surface area contributed by atoms with Crippen molar-refractivity contribution in [2.75, 3.05) is 5.32 Å². The Kier molecular flexibility index (Phi) is 5.61. The molecule has 0 spiro atoms. The molecule has 2 aromatic heterocycles. The fourth-order valence-corrected chi connectivity index (χ4v) is 4.01. The highest BCUT2D eigenvalue weighted by atomic mass is 32.2. The standard InChI is InChI=1S/C19H20N6O3S/c20-16(14-2-1-9-28-14)22-11-3-5-12(6-4-11)23-18-21-8-7-13(24-18)10-15-17(26)25-19(27)29-15/h1-2,7-12H,3-6H2,(H2,20,22)(H,21,23,24)(H,25,26,27)/b15-10-/t11-,12-. The molecule has 10 heteroatoms. The quantitative estimate of drug-likeness (QED) is 0.335. The maximum atomic E-state index is 11.7. The highest BCUT2D eigenvalue weighted by molar-refractivity contribution is 8.18. The van der Waals surface area contributed by atoms with Gasteiger partial charge in [-0.2, -0.15) is 0 Å². The van der Waals surface area contributed by atoms with Crippen LogP contribution in [0.25, 0.3) is 6.08 Å². The van der Waals surface area contributed by atoms with E-state index in [1.54, 1.807) is 36.7 Å². The fourth-order valence-electron chi connectivity index (χ4n) is 3.34. The Labute approximate surface area is 171 Å². The van der Waals surface area contributed by atoms with Gasteiger partial charge in [-0.3, -0.25) is 20.3 Å². The third-order valence-corrected chi connectivity index (χ3v) is 5.59. The molecule has 2 aliphatic rings. The van der Waals surface area contributed by atoms with Gasteiger partial charge in [0.1, 0.15) is 0 Å². The van der Waals surface area contributed by atoms with Crippen LogP contribution in [0.1, 0.15) is 37.1 Å². The lowest BCUT2D eigenvalue weighted by molar-refractivity contribution is -0.115. The summed E-state index contributed by atoms with van der Waals surface area (Å²) in [7, 11) is 0. The molecule has 0 bridgehead atoms. The lowest BCUT2D eigenvalue weighted by Gasteiger charge is -2.30. The number of thioether (sulfide) groups is 1. The average Bonchev–Trinajstić information content (AvgIpc) is 3.34. The van der Waals surface area contributed by atoms with Crippen LogP contribution in [0.3, 0.4) is 0 Å². The van der Waals surface area contributed by atoms with Crippen LogP contribution in [0.15, 0.2) is 40.0 Å². The number of anilines is 1. The SMILES string of the molecule is N=C(N[C@H]1CC[C@H](Nc2nccc(/C=C3\SC(=O)NC3=O)n2)CC1)c1ccco1. The van der Waals surface area contributed by atoms with Gasteiger partial charge in [-0.1, -0.05) is 0 Å². The Balaban J connectivity index is 1.30. The number of nitrogens with zero attached hydrogens (tertiary/aromatic N) is 2. The second-order valence-corrected chi connectivity index (χ2v) is 7.86. The van der Waals surface area contributed by atoms with Crippen molar-refractivity contribution < 1.29 is 14.0 Å². The molecular weight excluding hydrogens is 392 g/mol. The van der Waals surface area contributed by atoms with E-state index in [-0.39, 0.29) is 17.3 Å². The number of amides is 2. The first-order valence-corrected chi connectivity index (χ1v) is 10.1. The number of amidine groups is 1. The van der Waals surface area contributed by atoms with Crippen LogP contribution >= 0.6 is 11.8 Å². The van der Waals surface area contributed by atoms with Gasteiger partial charge in [-0.25, -0.2) is 9.97 Å². The molecule has 1 saturated heterocycles. The van der Waals surface area contributed by atoms with Crippen molar-refractivity contribution in [2.45, 2.75) is 37.8 Å². The van der Waals surface area contributed by atoms with Crippen molar-refractivity contribution in [1.82, 2.24) is 20.6 Å². The van der Waals surface area contributed by atoms with Gasteiger partial charge in [-0.15, -0.1) is 0 Å². The summed E-state index contributed by atoms with van der Waals surface area (Å²) in [5.74, 6) is 0.941. The topological polar surface area (TPSA) is 133 Å². The molecule has 2 fully saturated rings. The van der Waals surface area contributed by atoms with Gasteiger partial charge in [0.25, 0.3) is 11.1 Å². The Bertz CT molecular complexity index is 951. The molecule has 9 nitrogen and oxygen atoms in total. The van der Waals surface area contributed by atoms with Crippen LogP contribution in [0.4, 0.5) is 10.7 Å². The van der Waals surface area contributed by atoms with Crippen LogP contribution in [0.2, 0.25) is 0 Å². The number of hydrogen-bond acceptors (Lipinski definition) is 8. The maximum absolute atomic E-state index is 11.7. The van der Waals surface area contributed by atoms with Gasteiger partial charge in [0.05, 0.1) is 16.9 Å². The van der Waals surface area contributed by atoms with Crippen molar-refractivity contribution in [3.8, 4) is 0 Å². The number of aromatic nitrogens is 2. The van der Waals surface area contributed by atoms with Crippen LogP contribution in [-0.2, 0) is 4.79 Å². The summed E-state index contributed by atoms with van der Waals surface area (Å²) in [5.41, 5.74) is 0.567. The minimum Gasteiger partial charge on any atom is -0.461 e. The van der Waals surface area contributed by atoms with E-state index < -0.39 is 5.91 Å². The molecule has 0 aromatic carbocycles. The van der Waals surface area contributed by atoms with Crippen LogP contribution in [0, 0.1) is 5.41 Å². The van der Waals surface area contributed by atoms with E-state index >= 15 is 0 Å². The Morgan fingerprint density at radius 2 is 2.03 bits per heavy atom. The lowest BCUT2D eigenvalue weighted by atomic mass is 9.91. The fraction of sp³-hybridized carbons (Fsp3) is 0.316. The van der Waals surface area contributed by atoms with Gasteiger partial charge < -0.3 is 15.1 Å². The molecule has 0 atom stereocenters. The zero-order valence-electron chi connectivity index (χ0n) is 15.5. The van der Waals surface area contributed by atoms with Crippen molar-refractivity contribution in [3.05, 3.63) is 47.0 Å². The van der Waals surface area contributed by atoms with Crippen molar-refractivity contribution in [3.63, 3.8) is 0 Å². The molecule has 0 radical (unpaired) electrons. The molecule has 3 heterocycles. The minimum absolute atomic E-state index is 0.234. The Morgan fingerprint density at radius 1 is 1.24 bits per heavy atom. The predicted octanol–water partition coefficient (Wildman–Crippen LogP) is 2.73. The van der Waals surface area contributed by atoms with E-state index in [0.717, 1.165) is 37.4 Å². The second-order valence-electron chi connectivity index (χ2n) is 6.85. The zero-order chi connectivity index (χ0) is 20.2. The maximum Gasteiger partial charge on any atom is 0.290 e. The lowest BCUT2D eigenvalue weighted by Crippen LogP contribution is -2.40. The summed E-state index contributed by atoms with van der Waals surface area (Å²) >= 11 is 0.864. The van der Waals surface area contributed by atoms with E-state index in [2.05, 4.69) is 25.9 Å². The number of furan rings is 1. The number of carbonyl (C=O) groups excluding carboxylic acids is 2. The smallest absolute Gasteiger partial charge is 0.290 e. The van der Waals surface area contributed by atoms with Crippen LogP contribution in [-0.4, -0.2) is 39.0 Å². The minimum atomic E-state index is -0.404. The molecule has 0 unspecified atom stereocenters. The molecule has 4 N–H and O–H groups in total. The second kappa shape index (κ2) is 8.48. The molecule has 2 amide bonds. The summed E-state index contributed by atoms with van der Waals surface area (Å²) in [6.45, 7) is 0. The highest BCUT2D eigenvalue weighted by Gasteiger charge is 2.25. The van der Waals surface area contributed by atoms with Crippen molar-refractivity contribution >= 4 is 40.8 Å². The first kappa shape index (κ1) is 19.2. The van der Waals surface area contributed by atoms with Gasteiger partial charge in [0, 0.05) is 18.3 Å². The number of hydrogen-bond donors (Lipinski definition) is 4. The summed E-state index contributed by atoms with van der Waals surface area (Å²) in [5, 5.41) is 16.5. The van der Waals surface area contributed by atoms with Crippen molar-refractivity contribution in [2.24, 2.45) is 0 Å². The molecule has 150 valence electrons. The third kappa shape index (κ3) is 4.83. The highest BCUT2D eigenvalue weighted by Crippen LogP contribution is 2.25. The van der Waals surface area contributed by atoms with Crippen molar-refractivity contribution in [1.29, 1.82) is 5.41 Å². The third-order valence-electron chi connectivity index (χ3n) is 4.77. The number of rotatable bonds is 5. The molecule has 2 aromatic rings. The molecular formula is C19H20N6O3S.